The quantitative estimate of drug-likeness (QED) is 0.886. The Morgan fingerprint density at radius 3 is 2.58 bits per heavy atom. The summed E-state index contributed by atoms with van der Waals surface area (Å²) in [6.45, 7) is 3.10. The summed E-state index contributed by atoms with van der Waals surface area (Å²) in [5.41, 5.74) is 4.98. The highest BCUT2D eigenvalue weighted by atomic mass is 19.4. The molecule has 1 aromatic carbocycles. The first-order valence-corrected chi connectivity index (χ1v) is 5.94. The summed E-state index contributed by atoms with van der Waals surface area (Å²) in [5.74, 6) is -0.334. The maximum Gasteiger partial charge on any atom is 0.416 e. The molecular formula is C13H17F3N2O. The van der Waals surface area contributed by atoms with Crippen molar-refractivity contribution >= 4 is 11.6 Å². The summed E-state index contributed by atoms with van der Waals surface area (Å²) in [6.07, 6.45) is -3.74. The molecule has 0 aromatic heterocycles. The van der Waals surface area contributed by atoms with Crippen LogP contribution in [0.5, 0.6) is 0 Å². The molecule has 0 radical (unpaired) electrons. The first-order chi connectivity index (χ1) is 8.71. The molecule has 0 saturated heterocycles. The molecular weight excluding hydrogens is 257 g/mol. The molecule has 3 N–H and O–H groups in total. The summed E-state index contributed by atoms with van der Waals surface area (Å²) in [7, 11) is 0. The Bertz CT molecular complexity index is 456. The van der Waals surface area contributed by atoms with Gasteiger partial charge in [-0.25, -0.2) is 0 Å². The fraction of sp³-hybridized carbons (Fsp3) is 0.462. The number of hydrogen-bond acceptors (Lipinski definition) is 2. The smallest absolute Gasteiger partial charge is 0.328 e. The van der Waals surface area contributed by atoms with Crippen LogP contribution in [0, 0.1) is 6.92 Å². The van der Waals surface area contributed by atoms with Crippen LogP contribution in [0.25, 0.3) is 0 Å². The number of nitrogens with two attached hydrogens (primary N) is 1. The van der Waals surface area contributed by atoms with E-state index in [2.05, 4.69) is 5.32 Å². The van der Waals surface area contributed by atoms with Gasteiger partial charge >= 0.3 is 6.18 Å². The van der Waals surface area contributed by atoms with Crippen LogP contribution in [-0.2, 0) is 11.0 Å². The highest BCUT2D eigenvalue weighted by Crippen LogP contribution is 2.34. The molecule has 3 nitrogen and oxygen atoms in total. The van der Waals surface area contributed by atoms with E-state index >= 15 is 0 Å². The lowest BCUT2D eigenvalue weighted by Gasteiger charge is -2.14. The monoisotopic (exact) mass is 274 g/mol. The third-order valence-corrected chi connectivity index (χ3v) is 2.74. The lowest BCUT2D eigenvalue weighted by molar-refractivity contribution is -0.138. The van der Waals surface area contributed by atoms with Crippen molar-refractivity contribution in [3.63, 3.8) is 0 Å². The van der Waals surface area contributed by atoms with Gasteiger partial charge in [0.25, 0.3) is 0 Å². The molecule has 0 heterocycles. The van der Waals surface area contributed by atoms with Gasteiger partial charge in [0.1, 0.15) is 0 Å². The van der Waals surface area contributed by atoms with Crippen molar-refractivity contribution in [2.45, 2.75) is 38.9 Å². The number of benzene rings is 1. The Balaban J connectivity index is 2.83. The molecule has 0 saturated carbocycles. The van der Waals surface area contributed by atoms with E-state index in [1.165, 1.54) is 19.1 Å². The number of anilines is 1. The summed E-state index contributed by atoms with van der Waals surface area (Å²) < 4.78 is 38.1. The van der Waals surface area contributed by atoms with E-state index in [0.29, 0.717) is 6.42 Å². The second-order valence-electron chi connectivity index (χ2n) is 4.54. The van der Waals surface area contributed by atoms with Crippen molar-refractivity contribution in [3.8, 4) is 0 Å². The molecule has 0 fully saturated rings. The molecule has 0 aliphatic heterocycles. The molecule has 106 valence electrons. The van der Waals surface area contributed by atoms with Crippen LogP contribution in [0.15, 0.2) is 18.2 Å². The summed E-state index contributed by atoms with van der Waals surface area (Å²) in [4.78, 5) is 11.6. The molecule has 1 aromatic rings. The van der Waals surface area contributed by atoms with Gasteiger partial charge in [-0.1, -0.05) is 6.07 Å². The van der Waals surface area contributed by atoms with Crippen LogP contribution < -0.4 is 11.1 Å². The van der Waals surface area contributed by atoms with E-state index in [1.54, 1.807) is 6.92 Å². The Hall–Kier alpha value is -1.56. The van der Waals surface area contributed by atoms with Crippen LogP contribution >= 0.6 is 0 Å². The summed E-state index contributed by atoms with van der Waals surface area (Å²) in [6, 6.07) is 3.60. The normalized spacial score (nSPS) is 13.2. The minimum absolute atomic E-state index is 0.0177. The van der Waals surface area contributed by atoms with E-state index < -0.39 is 11.7 Å². The Labute approximate surface area is 110 Å². The topological polar surface area (TPSA) is 55.1 Å². The Morgan fingerprint density at radius 1 is 1.42 bits per heavy atom. The molecule has 6 heteroatoms. The zero-order chi connectivity index (χ0) is 14.6. The molecule has 1 unspecified atom stereocenters. The average molecular weight is 274 g/mol. The number of carbonyl (C=O) groups excluding carboxylic acids is 1. The second kappa shape index (κ2) is 6.06. The van der Waals surface area contributed by atoms with Crippen molar-refractivity contribution in [2.75, 3.05) is 5.32 Å². The first kappa shape index (κ1) is 15.5. The van der Waals surface area contributed by atoms with Crippen LogP contribution in [0.1, 0.15) is 30.9 Å². The SMILES string of the molecule is Cc1c(NC(=O)CCC(C)N)cccc1C(F)(F)F. The van der Waals surface area contributed by atoms with E-state index in [1.807, 2.05) is 0 Å². The number of hydrogen-bond donors (Lipinski definition) is 2. The van der Waals surface area contributed by atoms with Gasteiger partial charge in [-0.2, -0.15) is 13.2 Å². The minimum atomic E-state index is -4.42. The molecule has 0 aliphatic carbocycles. The van der Waals surface area contributed by atoms with Crippen LogP contribution in [0.4, 0.5) is 18.9 Å². The predicted molar refractivity (Wildman–Crippen MR) is 67.7 cm³/mol. The van der Waals surface area contributed by atoms with E-state index in [-0.39, 0.29) is 29.6 Å². The van der Waals surface area contributed by atoms with Crippen LogP contribution in [0.3, 0.4) is 0 Å². The van der Waals surface area contributed by atoms with Crippen molar-refractivity contribution in [1.82, 2.24) is 0 Å². The number of rotatable bonds is 4. The average Bonchev–Trinajstić information content (AvgIpc) is 2.27. The fourth-order valence-electron chi connectivity index (χ4n) is 1.65. The van der Waals surface area contributed by atoms with Crippen molar-refractivity contribution in [1.29, 1.82) is 0 Å². The molecule has 19 heavy (non-hydrogen) atoms. The van der Waals surface area contributed by atoms with Gasteiger partial charge < -0.3 is 11.1 Å². The standard InChI is InChI=1S/C13H17F3N2O/c1-8(17)6-7-12(19)18-11-5-3-4-10(9(11)2)13(14,15)16/h3-5,8H,6-7,17H2,1-2H3,(H,18,19). The summed E-state index contributed by atoms with van der Waals surface area (Å²) >= 11 is 0. The van der Waals surface area contributed by atoms with Gasteiger partial charge in [0, 0.05) is 18.2 Å². The van der Waals surface area contributed by atoms with E-state index in [9.17, 15) is 18.0 Å². The number of amides is 1. The third-order valence-electron chi connectivity index (χ3n) is 2.74. The molecule has 0 spiro atoms. The number of halogens is 3. The Kier molecular flexibility index (Phi) is 4.94. The third kappa shape index (κ3) is 4.55. The zero-order valence-electron chi connectivity index (χ0n) is 10.8. The molecule has 1 atom stereocenters. The van der Waals surface area contributed by atoms with Crippen LogP contribution in [-0.4, -0.2) is 11.9 Å². The highest BCUT2D eigenvalue weighted by Gasteiger charge is 2.32. The highest BCUT2D eigenvalue weighted by molar-refractivity contribution is 5.91. The molecule has 1 rings (SSSR count). The number of carbonyl (C=O) groups is 1. The summed E-state index contributed by atoms with van der Waals surface area (Å²) in [5, 5.41) is 2.48. The molecule has 0 bridgehead atoms. The largest absolute Gasteiger partial charge is 0.416 e. The van der Waals surface area contributed by atoms with E-state index in [4.69, 9.17) is 5.73 Å². The minimum Gasteiger partial charge on any atom is -0.328 e. The predicted octanol–water partition coefficient (Wildman–Crippen LogP) is 3.08. The van der Waals surface area contributed by atoms with Gasteiger partial charge in [0.05, 0.1) is 5.56 Å². The van der Waals surface area contributed by atoms with Gasteiger partial charge in [0.2, 0.25) is 5.91 Å². The van der Waals surface area contributed by atoms with Gasteiger partial charge in [-0.05, 0) is 38.0 Å². The van der Waals surface area contributed by atoms with Gasteiger partial charge in [0.15, 0.2) is 0 Å². The number of alkyl halides is 3. The molecule has 1 amide bonds. The van der Waals surface area contributed by atoms with Gasteiger partial charge in [-0.3, -0.25) is 4.79 Å². The van der Waals surface area contributed by atoms with Crippen LogP contribution in [0.2, 0.25) is 0 Å². The first-order valence-electron chi connectivity index (χ1n) is 5.94. The van der Waals surface area contributed by atoms with Crippen molar-refractivity contribution in [2.24, 2.45) is 5.73 Å². The Morgan fingerprint density at radius 2 is 2.05 bits per heavy atom. The fourth-order valence-corrected chi connectivity index (χ4v) is 1.65. The van der Waals surface area contributed by atoms with Gasteiger partial charge in [-0.15, -0.1) is 0 Å². The number of nitrogens with one attached hydrogen (secondary N) is 1. The second-order valence-corrected chi connectivity index (χ2v) is 4.54. The zero-order valence-corrected chi connectivity index (χ0v) is 10.8. The lowest BCUT2D eigenvalue weighted by atomic mass is 10.1. The van der Waals surface area contributed by atoms with E-state index in [0.717, 1.165) is 6.07 Å². The van der Waals surface area contributed by atoms with Crippen molar-refractivity contribution in [3.05, 3.63) is 29.3 Å². The lowest BCUT2D eigenvalue weighted by Crippen LogP contribution is -2.20. The maximum absolute atomic E-state index is 12.7. The van der Waals surface area contributed by atoms with Crippen molar-refractivity contribution < 1.29 is 18.0 Å². The molecule has 0 aliphatic rings. The maximum atomic E-state index is 12.7.